The van der Waals surface area contributed by atoms with Crippen molar-refractivity contribution in [1.82, 2.24) is 5.32 Å². The van der Waals surface area contributed by atoms with Gasteiger partial charge >= 0.3 is 0 Å². The van der Waals surface area contributed by atoms with E-state index in [1.165, 1.54) is 31.8 Å². The molecule has 1 atom stereocenters. The predicted molar refractivity (Wildman–Crippen MR) is 101 cm³/mol. The van der Waals surface area contributed by atoms with Crippen LogP contribution in [0.2, 0.25) is 0 Å². The molecule has 0 fully saturated rings. The summed E-state index contributed by atoms with van der Waals surface area (Å²) in [4.78, 5) is 35.3. The molecule has 1 rings (SSSR count). The van der Waals surface area contributed by atoms with Gasteiger partial charge in [-0.1, -0.05) is 63.7 Å². The van der Waals surface area contributed by atoms with Gasteiger partial charge in [-0.3, -0.25) is 14.4 Å². The summed E-state index contributed by atoms with van der Waals surface area (Å²) in [6.45, 7) is 2.88. The monoisotopic (exact) mass is 347 g/mol. The van der Waals surface area contributed by atoms with Gasteiger partial charge in [0, 0.05) is 19.4 Å². The summed E-state index contributed by atoms with van der Waals surface area (Å²) in [5.41, 5.74) is 0. The minimum absolute atomic E-state index is 0.00212. The van der Waals surface area contributed by atoms with E-state index < -0.39 is 5.92 Å². The van der Waals surface area contributed by atoms with Crippen LogP contribution in [-0.4, -0.2) is 24.0 Å². The maximum absolute atomic E-state index is 12.0. The fourth-order valence-electron chi connectivity index (χ4n) is 2.93. The average molecular weight is 347 g/mol. The molecule has 1 aliphatic rings. The van der Waals surface area contributed by atoms with Crippen LogP contribution in [0.3, 0.4) is 0 Å². The molecule has 0 bridgehead atoms. The SMILES string of the molecule is CCCCCCCCC(=O)NCCCCCC(=O)C1C=CC=CC1=O. The summed E-state index contributed by atoms with van der Waals surface area (Å²) >= 11 is 0. The number of hydrogen-bond donors (Lipinski definition) is 1. The van der Waals surface area contributed by atoms with Crippen LogP contribution in [0, 0.1) is 5.92 Å². The molecular formula is C21H33NO3. The topological polar surface area (TPSA) is 63.2 Å². The lowest BCUT2D eigenvalue weighted by Gasteiger charge is -2.10. The smallest absolute Gasteiger partial charge is 0.219 e. The van der Waals surface area contributed by atoms with Crippen LogP contribution in [0.5, 0.6) is 0 Å². The van der Waals surface area contributed by atoms with E-state index in [0.29, 0.717) is 19.4 Å². The van der Waals surface area contributed by atoms with E-state index in [0.717, 1.165) is 32.1 Å². The van der Waals surface area contributed by atoms with Gasteiger partial charge in [0.2, 0.25) is 5.91 Å². The zero-order chi connectivity index (χ0) is 18.3. The summed E-state index contributed by atoms with van der Waals surface area (Å²) in [7, 11) is 0. The molecule has 25 heavy (non-hydrogen) atoms. The molecule has 0 saturated heterocycles. The van der Waals surface area contributed by atoms with E-state index in [1.807, 2.05) is 0 Å². The van der Waals surface area contributed by atoms with Gasteiger partial charge in [0.25, 0.3) is 0 Å². The van der Waals surface area contributed by atoms with Crippen LogP contribution in [0.4, 0.5) is 0 Å². The van der Waals surface area contributed by atoms with Gasteiger partial charge in [-0.25, -0.2) is 0 Å². The molecule has 1 N–H and O–H groups in total. The first-order valence-electron chi connectivity index (χ1n) is 9.83. The zero-order valence-corrected chi connectivity index (χ0v) is 15.6. The number of Topliss-reactive ketones (excluding diaryl/α,β-unsaturated/α-hetero) is 1. The Balaban J connectivity index is 1.95. The van der Waals surface area contributed by atoms with E-state index in [1.54, 1.807) is 18.2 Å². The Hall–Kier alpha value is -1.71. The van der Waals surface area contributed by atoms with Gasteiger partial charge in [-0.05, 0) is 25.3 Å². The minimum Gasteiger partial charge on any atom is -0.356 e. The number of carbonyl (C=O) groups excluding carboxylic acids is 3. The standard InChI is InChI=1S/C21H33NO3/c1-2-3-4-5-6-9-16-21(25)22-17-12-7-8-14-19(23)18-13-10-11-15-20(18)24/h10-11,13,15,18H,2-9,12,14,16-17H2,1H3,(H,22,25). The lowest BCUT2D eigenvalue weighted by Crippen LogP contribution is -2.24. The van der Waals surface area contributed by atoms with Crippen LogP contribution >= 0.6 is 0 Å². The molecule has 0 saturated carbocycles. The molecule has 4 heteroatoms. The van der Waals surface area contributed by atoms with Gasteiger partial charge in [0.05, 0.1) is 5.92 Å². The number of unbranched alkanes of at least 4 members (excludes halogenated alkanes) is 7. The molecular weight excluding hydrogens is 314 g/mol. The second kappa shape index (κ2) is 13.6. The third kappa shape index (κ3) is 10.0. The molecule has 1 amide bonds. The Morgan fingerprint density at radius 2 is 1.60 bits per heavy atom. The molecule has 0 radical (unpaired) electrons. The number of carbonyl (C=O) groups is 3. The summed E-state index contributed by atoms with van der Waals surface area (Å²) in [6.07, 6.45) is 17.3. The third-order valence-electron chi connectivity index (χ3n) is 4.51. The van der Waals surface area contributed by atoms with E-state index in [2.05, 4.69) is 12.2 Å². The van der Waals surface area contributed by atoms with Gasteiger partial charge < -0.3 is 5.32 Å². The van der Waals surface area contributed by atoms with Crippen molar-refractivity contribution < 1.29 is 14.4 Å². The summed E-state index contributed by atoms with van der Waals surface area (Å²) in [5.74, 6) is -0.564. The van der Waals surface area contributed by atoms with Crippen LogP contribution in [0.1, 0.15) is 77.6 Å². The molecule has 0 aromatic rings. The third-order valence-corrected chi connectivity index (χ3v) is 4.51. The number of rotatable bonds is 14. The van der Waals surface area contributed by atoms with Gasteiger partial charge in [0.1, 0.15) is 5.78 Å². The molecule has 0 aromatic carbocycles. The number of ketones is 2. The molecule has 0 aliphatic heterocycles. The highest BCUT2D eigenvalue weighted by molar-refractivity contribution is 6.09. The van der Waals surface area contributed by atoms with Crippen LogP contribution in [-0.2, 0) is 14.4 Å². The number of hydrogen-bond acceptors (Lipinski definition) is 3. The number of nitrogens with one attached hydrogen (secondary N) is 1. The second-order valence-corrected chi connectivity index (χ2v) is 6.77. The van der Waals surface area contributed by atoms with Gasteiger partial charge in [-0.15, -0.1) is 0 Å². The van der Waals surface area contributed by atoms with Crippen molar-refractivity contribution in [2.24, 2.45) is 5.92 Å². The van der Waals surface area contributed by atoms with Crippen LogP contribution in [0.15, 0.2) is 24.3 Å². The molecule has 4 nitrogen and oxygen atoms in total. The highest BCUT2D eigenvalue weighted by atomic mass is 16.2. The molecule has 1 aliphatic carbocycles. The number of allylic oxidation sites excluding steroid dienone is 4. The quantitative estimate of drug-likeness (QED) is 0.376. The Kier molecular flexibility index (Phi) is 11.6. The average Bonchev–Trinajstić information content (AvgIpc) is 2.61. The Bertz CT molecular complexity index is 480. The van der Waals surface area contributed by atoms with Crippen LogP contribution in [0.25, 0.3) is 0 Å². The lowest BCUT2D eigenvalue weighted by atomic mass is 9.92. The zero-order valence-electron chi connectivity index (χ0n) is 15.6. The van der Waals surface area contributed by atoms with E-state index >= 15 is 0 Å². The maximum atomic E-state index is 12.0. The van der Waals surface area contributed by atoms with Crippen molar-refractivity contribution >= 4 is 17.5 Å². The molecule has 0 aromatic heterocycles. The first-order valence-corrected chi connectivity index (χ1v) is 9.83. The van der Waals surface area contributed by atoms with Crippen molar-refractivity contribution in [1.29, 1.82) is 0 Å². The van der Waals surface area contributed by atoms with Gasteiger partial charge in [0.15, 0.2) is 5.78 Å². The highest BCUT2D eigenvalue weighted by Gasteiger charge is 2.22. The Labute approximate surface area is 152 Å². The van der Waals surface area contributed by atoms with Crippen molar-refractivity contribution in [3.63, 3.8) is 0 Å². The summed E-state index contributed by atoms with van der Waals surface area (Å²) in [5, 5.41) is 2.95. The lowest BCUT2D eigenvalue weighted by molar-refractivity contribution is -0.128. The van der Waals surface area contributed by atoms with Crippen molar-refractivity contribution in [2.75, 3.05) is 6.54 Å². The minimum atomic E-state index is -0.581. The molecule has 1 unspecified atom stereocenters. The van der Waals surface area contributed by atoms with Crippen LogP contribution < -0.4 is 5.32 Å². The normalized spacial score (nSPS) is 16.2. The Morgan fingerprint density at radius 3 is 2.36 bits per heavy atom. The number of amides is 1. The van der Waals surface area contributed by atoms with Crippen molar-refractivity contribution in [3.05, 3.63) is 24.3 Å². The van der Waals surface area contributed by atoms with E-state index in [9.17, 15) is 14.4 Å². The molecule has 140 valence electrons. The summed E-state index contributed by atoms with van der Waals surface area (Å²) in [6, 6.07) is 0. The van der Waals surface area contributed by atoms with Gasteiger partial charge in [-0.2, -0.15) is 0 Å². The summed E-state index contributed by atoms with van der Waals surface area (Å²) < 4.78 is 0. The predicted octanol–water partition coefficient (Wildman–Crippen LogP) is 4.29. The van der Waals surface area contributed by atoms with E-state index in [4.69, 9.17) is 0 Å². The van der Waals surface area contributed by atoms with Crippen molar-refractivity contribution in [2.45, 2.75) is 77.6 Å². The molecule has 0 spiro atoms. The Morgan fingerprint density at radius 1 is 0.920 bits per heavy atom. The fourth-order valence-corrected chi connectivity index (χ4v) is 2.93. The fraction of sp³-hybridized carbons (Fsp3) is 0.667. The highest BCUT2D eigenvalue weighted by Crippen LogP contribution is 2.13. The first-order chi connectivity index (χ1) is 12.1. The van der Waals surface area contributed by atoms with E-state index in [-0.39, 0.29) is 17.5 Å². The second-order valence-electron chi connectivity index (χ2n) is 6.77. The molecule has 0 heterocycles. The van der Waals surface area contributed by atoms with Crippen molar-refractivity contribution in [3.8, 4) is 0 Å². The first kappa shape index (κ1) is 21.3. The maximum Gasteiger partial charge on any atom is 0.219 e. The largest absolute Gasteiger partial charge is 0.356 e.